The van der Waals surface area contributed by atoms with Gasteiger partial charge in [0.25, 0.3) is 0 Å². The molecule has 0 bridgehead atoms. The third-order valence-electron chi connectivity index (χ3n) is 3.80. The quantitative estimate of drug-likeness (QED) is 0.756. The van der Waals surface area contributed by atoms with Gasteiger partial charge in [0.1, 0.15) is 17.6 Å². The Morgan fingerprint density at radius 1 is 1.15 bits per heavy atom. The van der Waals surface area contributed by atoms with Crippen LogP contribution in [0.15, 0.2) is 42.6 Å². The van der Waals surface area contributed by atoms with Crippen molar-refractivity contribution in [2.24, 2.45) is 0 Å². The van der Waals surface area contributed by atoms with E-state index in [0.29, 0.717) is 22.1 Å². The molecule has 0 amide bonds. The Morgan fingerprint density at radius 2 is 1.85 bits per heavy atom. The summed E-state index contributed by atoms with van der Waals surface area (Å²) >= 11 is 0. The van der Waals surface area contributed by atoms with Crippen LogP contribution in [-0.2, 0) is 6.54 Å². The SMILES string of the molecule is COc1cc(C#N)c2c(O)n(Cc3ccc(OC(F)(F)F)cc3)cc2c1. The van der Waals surface area contributed by atoms with E-state index in [1.165, 1.54) is 42.0 Å². The minimum absolute atomic E-state index is 0.102. The molecule has 3 aromatic rings. The molecule has 2 aromatic carbocycles. The van der Waals surface area contributed by atoms with Crippen molar-refractivity contribution >= 4 is 10.8 Å². The summed E-state index contributed by atoms with van der Waals surface area (Å²) in [7, 11) is 1.48. The van der Waals surface area contributed by atoms with Crippen molar-refractivity contribution in [2.75, 3.05) is 7.11 Å². The first-order valence-electron chi connectivity index (χ1n) is 7.45. The molecular weight excluding hydrogens is 349 g/mol. The van der Waals surface area contributed by atoms with Crippen LogP contribution in [-0.4, -0.2) is 23.1 Å². The van der Waals surface area contributed by atoms with Gasteiger partial charge in [0.05, 0.1) is 24.6 Å². The average Bonchev–Trinajstić information content (AvgIpc) is 2.90. The lowest BCUT2D eigenvalue weighted by molar-refractivity contribution is -0.274. The fraction of sp³-hybridized carbons (Fsp3) is 0.167. The summed E-state index contributed by atoms with van der Waals surface area (Å²) in [6.45, 7) is 0.208. The zero-order valence-corrected chi connectivity index (χ0v) is 13.5. The predicted octanol–water partition coefficient (Wildman–Crippen LogP) is 4.17. The number of halogens is 3. The number of hydrogen-bond donors (Lipinski definition) is 1. The van der Waals surface area contributed by atoms with Gasteiger partial charge >= 0.3 is 6.36 Å². The van der Waals surface area contributed by atoms with Gasteiger partial charge in [-0.1, -0.05) is 12.1 Å². The van der Waals surface area contributed by atoms with E-state index in [-0.39, 0.29) is 23.7 Å². The summed E-state index contributed by atoms with van der Waals surface area (Å²) < 4.78 is 47.1. The first-order chi connectivity index (χ1) is 12.3. The van der Waals surface area contributed by atoms with Crippen LogP contribution in [0.1, 0.15) is 11.1 Å². The van der Waals surface area contributed by atoms with Crippen LogP contribution >= 0.6 is 0 Å². The molecule has 0 spiro atoms. The van der Waals surface area contributed by atoms with Crippen molar-refractivity contribution in [1.29, 1.82) is 5.26 Å². The topological polar surface area (TPSA) is 67.4 Å². The lowest BCUT2D eigenvalue weighted by atomic mass is 10.1. The summed E-state index contributed by atoms with van der Waals surface area (Å²) in [5.74, 6) is 0.0642. The van der Waals surface area contributed by atoms with Crippen LogP contribution in [0.4, 0.5) is 13.2 Å². The van der Waals surface area contributed by atoms with Crippen molar-refractivity contribution in [3.8, 4) is 23.4 Å². The van der Waals surface area contributed by atoms with Gasteiger partial charge in [-0.25, -0.2) is 0 Å². The molecule has 0 unspecified atom stereocenters. The maximum absolute atomic E-state index is 12.2. The van der Waals surface area contributed by atoms with Gasteiger partial charge < -0.3 is 19.1 Å². The number of ether oxygens (including phenoxy) is 2. The molecule has 1 heterocycles. The van der Waals surface area contributed by atoms with E-state index in [4.69, 9.17) is 4.74 Å². The van der Waals surface area contributed by atoms with Crippen molar-refractivity contribution in [2.45, 2.75) is 12.9 Å². The van der Waals surface area contributed by atoms with E-state index < -0.39 is 6.36 Å². The van der Waals surface area contributed by atoms with Crippen LogP contribution in [0.25, 0.3) is 10.8 Å². The molecule has 8 heteroatoms. The fourth-order valence-electron chi connectivity index (χ4n) is 2.68. The van der Waals surface area contributed by atoms with Gasteiger partial charge in [-0.05, 0) is 29.8 Å². The third-order valence-corrected chi connectivity index (χ3v) is 3.80. The normalized spacial score (nSPS) is 11.3. The molecule has 0 saturated carbocycles. The van der Waals surface area contributed by atoms with Gasteiger partial charge in [-0.3, -0.25) is 0 Å². The number of rotatable bonds is 4. The van der Waals surface area contributed by atoms with E-state index in [2.05, 4.69) is 4.74 Å². The Labute approximate surface area is 146 Å². The molecular formula is C18H13F3N2O3. The molecule has 3 rings (SSSR count). The van der Waals surface area contributed by atoms with Crippen LogP contribution in [0.5, 0.6) is 17.4 Å². The number of alkyl halides is 3. The highest BCUT2D eigenvalue weighted by Crippen LogP contribution is 2.34. The number of nitrogens with zero attached hydrogens (tertiary/aromatic N) is 2. The maximum Gasteiger partial charge on any atom is 0.573 e. The fourth-order valence-corrected chi connectivity index (χ4v) is 2.68. The Kier molecular flexibility index (Phi) is 4.38. The molecule has 134 valence electrons. The number of aromatic hydroxyl groups is 1. The first-order valence-corrected chi connectivity index (χ1v) is 7.45. The second-order valence-electron chi connectivity index (χ2n) is 5.52. The van der Waals surface area contributed by atoms with Gasteiger partial charge in [0.15, 0.2) is 0 Å². The highest BCUT2D eigenvalue weighted by atomic mass is 19.4. The molecule has 0 aliphatic heterocycles. The minimum Gasteiger partial charge on any atom is -0.497 e. The molecule has 0 fully saturated rings. The molecule has 1 aromatic heterocycles. The highest BCUT2D eigenvalue weighted by molar-refractivity contribution is 5.94. The standard InChI is InChI=1S/C18H13F3N2O3/c1-25-15-6-12(8-22)16-13(7-15)10-23(17(16)24)9-11-2-4-14(5-3-11)26-18(19,20)21/h2-7,10,24H,9H2,1H3. The molecule has 0 saturated heterocycles. The Balaban J connectivity index is 1.92. The number of fused-ring (bicyclic) bond motifs is 1. The Morgan fingerprint density at radius 3 is 2.42 bits per heavy atom. The van der Waals surface area contributed by atoms with Gasteiger partial charge in [-0.2, -0.15) is 5.26 Å². The minimum atomic E-state index is -4.75. The van der Waals surface area contributed by atoms with Crippen LogP contribution in [0.3, 0.4) is 0 Å². The van der Waals surface area contributed by atoms with Crippen LogP contribution < -0.4 is 9.47 Å². The highest BCUT2D eigenvalue weighted by Gasteiger charge is 2.30. The van der Waals surface area contributed by atoms with Gasteiger partial charge in [-0.15, -0.1) is 13.2 Å². The van der Waals surface area contributed by atoms with E-state index in [0.717, 1.165) is 0 Å². The number of methoxy groups -OCH3 is 1. The number of nitriles is 1. The third kappa shape index (κ3) is 3.52. The lowest BCUT2D eigenvalue weighted by Gasteiger charge is -2.10. The van der Waals surface area contributed by atoms with Crippen molar-refractivity contribution < 1.29 is 27.8 Å². The zero-order valence-electron chi connectivity index (χ0n) is 13.5. The number of benzene rings is 2. The average molecular weight is 362 g/mol. The largest absolute Gasteiger partial charge is 0.573 e. The van der Waals surface area contributed by atoms with Gasteiger partial charge in [0, 0.05) is 11.6 Å². The monoisotopic (exact) mass is 362 g/mol. The van der Waals surface area contributed by atoms with E-state index in [1.54, 1.807) is 12.3 Å². The number of aromatic nitrogens is 1. The molecule has 0 aliphatic rings. The Bertz CT molecular complexity index is 986. The second kappa shape index (κ2) is 6.52. The predicted molar refractivity (Wildman–Crippen MR) is 87.1 cm³/mol. The van der Waals surface area contributed by atoms with Crippen LogP contribution in [0, 0.1) is 11.3 Å². The van der Waals surface area contributed by atoms with Crippen molar-refractivity contribution in [1.82, 2.24) is 4.57 Å². The van der Waals surface area contributed by atoms with Crippen molar-refractivity contribution in [3.63, 3.8) is 0 Å². The molecule has 26 heavy (non-hydrogen) atoms. The molecule has 5 nitrogen and oxygen atoms in total. The second-order valence-corrected chi connectivity index (χ2v) is 5.52. The van der Waals surface area contributed by atoms with Gasteiger partial charge in [0.2, 0.25) is 5.88 Å². The summed E-state index contributed by atoms with van der Waals surface area (Å²) in [6.07, 6.45) is -3.10. The lowest BCUT2D eigenvalue weighted by Crippen LogP contribution is -2.17. The number of hydrogen-bond acceptors (Lipinski definition) is 4. The van der Waals surface area contributed by atoms with E-state index >= 15 is 0 Å². The summed E-state index contributed by atoms with van der Waals surface area (Å²) in [6, 6.07) is 10.6. The first kappa shape index (κ1) is 17.5. The zero-order chi connectivity index (χ0) is 18.9. The molecule has 0 atom stereocenters. The Hall–Kier alpha value is -3.34. The smallest absolute Gasteiger partial charge is 0.497 e. The van der Waals surface area contributed by atoms with Crippen LogP contribution in [0.2, 0.25) is 0 Å². The maximum atomic E-state index is 12.2. The van der Waals surface area contributed by atoms with E-state index in [9.17, 15) is 23.5 Å². The molecule has 1 N–H and O–H groups in total. The van der Waals surface area contributed by atoms with E-state index in [1.807, 2.05) is 6.07 Å². The summed E-state index contributed by atoms with van der Waals surface area (Å²) in [5.41, 5.74) is 0.921. The molecule has 0 radical (unpaired) electrons. The summed E-state index contributed by atoms with van der Waals surface area (Å²) in [5, 5.41) is 20.7. The van der Waals surface area contributed by atoms with Crippen molar-refractivity contribution in [3.05, 3.63) is 53.7 Å². The summed E-state index contributed by atoms with van der Waals surface area (Å²) in [4.78, 5) is 0. The molecule has 0 aliphatic carbocycles.